The average molecular weight is 516 g/mol. The van der Waals surface area contributed by atoms with Gasteiger partial charge in [0.05, 0.1) is 18.6 Å². The predicted octanol–water partition coefficient (Wildman–Crippen LogP) is 5.95. The van der Waals surface area contributed by atoms with Gasteiger partial charge in [0.25, 0.3) is 0 Å². The Morgan fingerprint density at radius 3 is 1.92 bits per heavy atom. The van der Waals surface area contributed by atoms with Gasteiger partial charge in [-0.05, 0) is 50.2 Å². The lowest BCUT2D eigenvalue weighted by molar-refractivity contribution is -0.146. The standard InChI is InChI=1S/C33H41NO4/c1-32(2,31(36)38-3)27-19-17-26(18-20-27)30(35)16-10-11-25-21-23-34(24-22-25)33(37,28-12-6-4-7-13-28)29-14-8-5-9-15-29/h4-9,12-15,17-20,25,30,35,37H,10-11,16,21-24H2,1-3H3. The monoisotopic (exact) mass is 515 g/mol. The lowest BCUT2D eigenvalue weighted by Gasteiger charge is -2.44. The Labute approximate surface area is 227 Å². The third-order valence-corrected chi connectivity index (χ3v) is 8.23. The van der Waals surface area contributed by atoms with Crippen molar-refractivity contribution in [2.75, 3.05) is 20.2 Å². The topological polar surface area (TPSA) is 70.0 Å². The lowest BCUT2D eigenvalue weighted by Crippen LogP contribution is -2.50. The normalized spacial score (nSPS) is 16.2. The van der Waals surface area contributed by atoms with Crippen LogP contribution >= 0.6 is 0 Å². The minimum absolute atomic E-state index is 0.275. The van der Waals surface area contributed by atoms with E-state index in [4.69, 9.17) is 4.74 Å². The first kappa shape index (κ1) is 28.0. The predicted molar refractivity (Wildman–Crippen MR) is 150 cm³/mol. The van der Waals surface area contributed by atoms with Gasteiger partial charge in [-0.15, -0.1) is 0 Å². The van der Waals surface area contributed by atoms with E-state index in [9.17, 15) is 15.0 Å². The van der Waals surface area contributed by atoms with Gasteiger partial charge in [-0.25, -0.2) is 0 Å². The molecule has 5 heteroatoms. The van der Waals surface area contributed by atoms with Crippen LogP contribution in [0.4, 0.5) is 0 Å². The maximum Gasteiger partial charge on any atom is 0.315 e. The van der Waals surface area contributed by atoms with Crippen LogP contribution in [-0.4, -0.2) is 41.3 Å². The molecule has 0 radical (unpaired) electrons. The molecule has 1 unspecified atom stereocenters. The molecule has 1 aliphatic rings. The third kappa shape index (κ3) is 6.01. The molecule has 0 bridgehead atoms. The Morgan fingerprint density at radius 1 is 0.895 bits per heavy atom. The molecule has 1 heterocycles. The molecule has 1 saturated heterocycles. The van der Waals surface area contributed by atoms with Crippen LogP contribution < -0.4 is 0 Å². The minimum atomic E-state index is -1.14. The van der Waals surface area contributed by atoms with Gasteiger partial charge in [-0.1, -0.05) is 97.8 Å². The fraction of sp³-hybridized carbons (Fsp3) is 0.424. The maximum atomic E-state index is 12.1. The van der Waals surface area contributed by atoms with Crippen molar-refractivity contribution in [1.82, 2.24) is 4.90 Å². The molecule has 1 fully saturated rings. The van der Waals surface area contributed by atoms with E-state index in [0.29, 0.717) is 12.3 Å². The van der Waals surface area contributed by atoms with Crippen LogP contribution in [0.5, 0.6) is 0 Å². The number of hydrogen-bond acceptors (Lipinski definition) is 5. The van der Waals surface area contributed by atoms with E-state index < -0.39 is 17.2 Å². The summed E-state index contributed by atoms with van der Waals surface area (Å²) in [5.74, 6) is 0.306. The molecule has 1 atom stereocenters. The second-order valence-corrected chi connectivity index (χ2v) is 11.0. The van der Waals surface area contributed by atoms with E-state index in [2.05, 4.69) is 4.90 Å². The van der Waals surface area contributed by atoms with Crippen LogP contribution in [0.1, 0.15) is 74.3 Å². The van der Waals surface area contributed by atoms with E-state index in [1.54, 1.807) is 0 Å². The zero-order valence-electron chi connectivity index (χ0n) is 22.8. The Bertz CT molecular complexity index is 1110. The molecule has 2 N–H and O–H groups in total. The Balaban J connectivity index is 1.31. The minimum Gasteiger partial charge on any atom is -0.468 e. The number of likely N-dealkylation sites (tertiary alicyclic amines) is 1. The molecule has 0 amide bonds. The van der Waals surface area contributed by atoms with E-state index >= 15 is 0 Å². The highest BCUT2D eigenvalue weighted by atomic mass is 16.5. The number of benzene rings is 3. The summed E-state index contributed by atoms with van der Waals surface area (Å²) in [5.41, 5.74) is 1.68. The fourth-order valence-corrected chi connectivity index (χ4v) is 5.68. The number of piperidine rings is 1. The van der Waals surface area contributed by atoms with E-state index in [1.807, 2.05) is 98.8 Å². The van der Waals surface area contributed by atoms with E-state index in [0.717, 1.165) is 61.0 Å². The number of methoxy groups -OCH3 is 1. The molecule has 1 aliphatic heterocycles. The Morgan fingerprint density at radius 2 is 1.42 bits per heavy atom. The van der Waals surface area contributed by atoms with Gasteiger partial charge < -0.3 is 14.9 Å². The zero-order chi connectivity index (χ0) is 27.2. The summed E-state index contributed by atoms with van der Waals surface area (Å²) in [5, 5.41) is 22.8. The molecular weight excluding hydrogens is 474 g/mol. The van der Waals surface area contributed by atoms with E-state index in [-0.39, 0.29) is 5.97 Å². The van der Waals surface area contributed by atoms with Crippen molar-refractivity contribution >= 4 is 5.97 Å². The number of hydrogen-bond donors (Lipinski definition) is 2. The highest BCUT2D eigenvalue weighted by Gasteiger charge is 2.39. The first-order valence-electron chi connectivity index (χ1n) is 13.7. The van der Waals surface area contributed by atoms with Crippen LogP contribution in [-0.2, 0) is 20.7 Å². The number of aliphatic hydroxyl groups excluding tert-OH is 1. The third-order valence-electron chi connectivity index (χ3n) is 8.23. The van der Waals surface area contributed by atoms with Gasteiger partial charge in [0.15, 0.2) is 5.72 Å². The van der Waals surface area contributed by atoms with Gasteiger partial charge in [-0.2, -0.15) is 0 Å². The van der Waals surface area contributed by atoms with Crippen molar-refractivity contribution in [3.05, 3.63) is 107 Å². The van der Waals surface area contributed by atoms with Crippen molar-refractivity contribution in [1.29, 1.82) is 0 Å². The number of carbonyl (C=O) groups is 1. The highest BCUT2D eigenvalue weighted by molar-refractivity contribution is 5.82. The summed E-state index contributed by atoms with van der Waals surface area (Å²) in [4.78, 5) is 14.3. The number of nitrogens with zero attached hydrogens (tertiary/aromatic N) is 1. The lowest BCUT2D eigenvalue weighted by atomic mass is 9.84. The Hall–Kier alpha value is -2.99. The van der Waals surface area contributed by atoms with Crippen LogP contribution in [0, 0.1) is 5.92 Å². The maximum absolute atomic E-state index is 12.1. The van der Waals surface area contributed by atoms with Crippen molar-refractivity contribution in [2.24, 2.45) is 5.92 Å². The van der Waals surface area contributed by atoms with Gasteiger partial charge in [-0.3, -0.25) is 9.69 Å². The molecule has 0 spiro atoms. The van der Waals surface area contributed by atoms with Gasteiger partial charge >= 0.3 is 5.97 Å². The van der Waals surface area contributed by atoms with Gasteiger partial charge in [0, 0.05) is 24.2 Å². The summed E-state index contributed by atoms with van der Waals surface area (Å²) < 4.78 is 4.92. The van der Waals surface area contributed by atoms with Crippen molar-refractivity contribution < 1.29 is 19.7 Å². The first-order chi connectivity index (χ1) is 18.3. The molecule has 202 valence electrons. The molecule has 0 aliphatic carbocycles. The SMILES string of the molecule is COC(=O)C(C)(C)c1ccc(C(O)CCCC2CCN(C(O)(c3ccccc3)c3ccccc3)CC2)cc1. The van der Waals surface area contributed by atoms with Crippen LogP contribution in [0.3, 0.4) is 0 Å². The summed E-state index contributed by atoms with van der Waals surface area (Å²) in [6.07, 6.45) is 4.24. The van der Waals surface area contributed by atoms with Gasteiger partial charge in [0.2, 0.25) is 0 Å². The van der Waals surface area contributed by atoms with Crippen molar-refractivity contribution in [2.45, 2.75) is 63.2 Å². The number of aliphatic hydroxyl groups is 2. The van der Waals surface area contributed by atoms with Crippen molar-refractivity contribution in [3.63, 3.8) is 0 Å². The second kappa shape index (κ2) is 12.2. The molecular formula is C33H41NO4. The number of ether oxygens (including phenoxy) is 1. The number of rotatable bonds is 10. The summed E-state index contributed by atoms with van der Waals surface area (Å²) in [7, 11) is 1.40. The highest BCUT2D eigenvalue weighted by Crippen LogP contribution is 2.37. The second-order valence-electron chi connectivity index (χ2n) is 11.0. The molecule has 3 aromatic carbocycles. The quantitative estimate of drug-likeness (QED) is 0.327. The van der Waals surface area contributed by atoms with Crippen molar-refractivity contribution in [3.8, 4) is 0 Å². The molecule has 3 aromatic rings. The summed E-state index contributed by atoms with van der Waals surface area (Å²) >= 11 is 0. The van der Waals surface area contributed by atoms with Crippen LogP contribution in [0.15, 0.2) is 84.9 Å². The van der Waals surface area contributed by atoms with Gasteiger partial charge in [0.1, 0.15) is 0 Å². The average Bonchev–Trinajstić information content (AvgIpc) is 2.97. The molecule has 4 rings (SSSR count). The fourth-order valence-electron chi connectivity index (χ4n) is 5.68. The molecule has 0 aromatic heterocycles. The summed E-state index contributed by atoms with van der Waals surface area (Å²) in [6, 6.07) is 27.5. The largest absolute Gasteiger partial charge is 0.468 e. The number of carbonyl (C=O) groups excluding carboxylic acids is 1. The Kier molecular flexibility index (Phi) is 9.03. The van der Waals surface area contributed by atoms with Crippen LogP contribution in [0.25, 0.3) is 0 Å². The molecule has 38 heavy (non-hydrogen) atoms. The van der Waals surface area contributed by atoms with Crippen LogP contribution in [0.2, 0.25) is 0 Å². The van der Waals surface area contributed by atoms with E-state index in [1.165, 1.54) is 7.11 Å². The summed E-state index contributed by atoms with van der Waals surface area (Å²) in [6.45, 7) is 5.34. The smallest absolute Gasteiger partial charge is 0.315 e. The first-order valence-corrected chi connectivity index (χ1v) is 13.7. The zero-order valence-corrected chi connectivity index (χ0v) is 22.8. The molecule has 5 nitrogen and oxygen atoms in total. The molecule has 0 saturated carbocycles. The number of esters is 1.